The second-order valence-corrected chi connectivity index (χ2v) is 7.28. The quantitative estimate of drug-likeness (QED) is 0.680. The highest BCUT2D eigenvalue weighted by Gasteiger charge is 2.18. The second kappa shape index (κ2) is 9.14. The van der Waals surface area contributed by atoms with E-state index in [9.17, 15) is 9.59 Å². The molecular formula is C20H30N4O2. The van der Waals surface area contributed by atoms with Crippen LogP contribution in [0.5, 0.6) is 0 Å². The van der Waals surface area contributed by atoms with E-state index < -0.39 is 11.8 Å². The summed E-state index contributed by atoms with van der Waals surface area (Å²) in [5.41, 5.74) is 3.87. The summed E-state index contributed by atoms with van der Waals surface area (Å²) in [5.74, 6) is -1.11. The van der Waals surface area contributed by atoms with Crippen LogP contribution in [0.1, 0.15) is 42.5 Å². The molecule has 2 aliphatic rings. The predicted octanol–water partition coefficient (Wildman–Crippen LogP) is 0.764. The first-order valence-corrected chi connectivity index (χ1v) is 9.77. The second-order valence-electron chi connectivity index (χ2n) is 7.28. The van der Waals surface area contributed by atoms with E-state index in [-0.39, 0.29) is 6.04 Å². The van der Waals surface area contributed by atoms with Gasteiger partial charge in [-0.1, -0.05) is 18.2 Å². The summed E-state index contributed by atoms with van der Waals surface area (Å²) in [6, 6.07) is 6.24. The van der Waals surface area contributed by atoms with E-state index in [1.165, 1.54) is 24.0 Å². The van der Waals surface area contributed by atoms with Crippen LogP contribution >= 0.6 is 0 Å². The standard InChI is InChI=1S/C20H30N4O2/c1-15(17-7-6-16-4-2-3-5-18(16)14-17)23-20(26)19(25)22-10-13-24-11-8-21-9-12-24/h6-7,14-15,21H,2-5,8-13H2,1H3,(H,22,25)(H,23,26). The van der Waals surface area contributed by atoms with Crippen molar-refractivity contribution in [2.45, 2.75) is 38.6 Å². The number of benzene rings is 1. The molecule has 6 nitrogen and oxygen atoms in total. The van der Waals surface area contributed by atoms with Crippen LogP contribution < -0.4 is 16.0 Å². The Morgan fingerprint density at radius 2 is 1.85 bits per heavy atom. The van der Waals surface area contributed by atoms with Gasteiger partial charge in [0.1, 0.15) is 0 Å². The number of piperazine rings is 1. The van der Waals surface area contributed by atoms with Crippen molar-refractivity contribution in [3.8, 4) is 0 Å². The molecule has 1 aliphatic carbocycles. The van der Waals surface area contributed by atoms with Gasteiger partial charge in [0, 0.05) is 39.3 Å². The zero-order valence-corrected chi connectivity index (χ0v) is 15.6. The normalized spacial score (nSPS) is 18.7. The van der Waals surface area contributed by atoms with Gasteiger partial charge in [-0.25, -0.2) is 0 Å². The Balaban J connectivity index is 1.45. The molecule has 1 aromatic carbocycles. The molecule has 1 atom stereocenters. The van der Waals surface area contributed by atoms with Crippen molar-refractivity contribution in [3.63, 3.8) is 0 Å². The first-order valence-electron chi connectivity index (χ1n) is 9.77. The molecule has 6 heteroatoms. The molecule has 1 unspecified atom stereocenters. The average Bonchev–Trinajstić information content (AvgIpc) is 2.68. The minimum absolute atomic E-state index is 0.173. The maximum absolute atomic E-state index is 12.2. The number of fused-ring (bicyclic) bond motifs is 1. The predicted molar refractivity (Wildman–Crippen MR) is 102 cm³/mol. The van der Waals surface area contributed by atoms with Gasteiger partial charge >= 0.3 is 11.8 Å². The maximum atomic E-state index is 12.2. The molecule has 0 radical (unpaired) electrons. The lowest BCUT2D eigenvalue weighted by molar-refractivity contribution is -0.139. The minimum atomic E-state index is -0.560. The fourth-order valence-electron chi connectivity index (χ4n) is 3.71. The smallest absolute Gasteiger partial charge is 0.309 e. The van der Waals surface area contributed by atoms with Crippen LogP contribution in [0.4, 0.5) is 0 Å². The van der Waals surface area contributed by atoms with Crippen molar-refractivity contribution >= 4 is 11.8 Å². The van der Waals surface area contributed by atoms with Gasteiger partial charge in [-0.3, -0.25) is 14.5 Å². The molecular weight excluding hydrogens is 328 g/mol. The topological polar surface area (TPSA) is 73.5 Å². The van der Waals surface area contributed by atoms with Crippen LogP contribution in [0.15, 0.2) is 18.2 Å². The first kappa shape index (κ1) is 18.9. The third-order valence-corrected chi connectivity index (χ3v) is 5.35. The molecule has 1 aromatic rings. The SMILES string of the molecule is CC(NC(=O)C(=O)NCCN1CCNCC1)c1ccc2c(c1)CCCC2. The number of nitrogens with one attached hydrogen (secondary N) is 3. The molecule has 0 saturated carbocycles. The van der Waals surface area contributed by atoms with Gasteiger partial charge in [0.2, 0.25) is 0 Å². The molecule has 26 heavy (non-hydrogen) atoms. The van der Waals surface area contributed by atoms with Crippen molar-refractivity contribution in [3.05, 3.63) is 34.9 Å². The molecule has 0 bridgehead atoms. The first-order chi connectivity index (χ1) is 12.6. The molecule has 1 saturated heterocycles. The summed E-state index contributed by atoms with van der Waals surface area (Å²) in [7, 11) is 0. The zero-order chi connectivity index (χ0) is 18.4. The summed E-state index contributed by atoms with van der Waals surface area (Å²) >= 11 is 0. The number of hydrogen-bond donors (Lipinski definition) is 3. The summed E-state index contributed by atoms with van der Waals surface area (Å²) in [6.07, 6.45) is 4.74. The molecule has 1 fully saturated rings. The Hall–Kier alpha value is -1.92. The van der Waals surface area contributed by atoms with Gasteiger partial charge in [-0.2, -0.15) is 0 Å². The Morgan fingerprint density at radius 3 is 2.62 bits per heavy atom. The van der Waals surface area contributed by atoms with Crippen LogP contribution in [0.3, 0.4) is 0 Å². The van der Waals surface area contributed by atoms with Gasteiger partial charge in [0.15, 0.2) is 0 Å². The zero-order valence-electron chi connectivity index (χ0n) is 15.6. The largest absolute Gasteiger partial charge is 0.347 e. The monoisotopic (exact) mass is 358 g/mol. The number of carbonyl (C=O) groups excluding carboxylic acids is 2. The van der Waals surface area contributed by atoms with E-state index in [2.05, 4.69) is 39.0 Å². The fraction of sp³-hybridized carbons (Fsp3) is 0.600. The van der Waals surface area contributed by atoms with E-state index in [0.717, 1.165) is 51.1 Å². The number of carbonyl (C=O) groups is 2. The van der Waals surface area contributed by atoms with Gasteiger partial charge in [0.05, 0.1) is 6.04 Å². The molecule has 2 amide bonds. The number of hydrogen-bond acceptors (Lipinski definition) is 4. The Bertz CT molecular complexity index is 641. The van der Waals surface area contributed by atoms with Gasteiger partial charge in [-0.15, -0.1) is 0 Å². The summed E-state index contributed by atoms with van der Waals surface area (Å²) in [6.45, 7) is 7.13. The lowest BCUT2D eigenvalue weighted by atomic mass is 9.89. The number of nitrogens with zero attached hydrogens (tertiary/aromatic N) is 1. The summed E-state index contributed by atoms with van der Waals surface area (Å²) in [4.78, 5) is 26.5. The summed E-state index contributed by atoms with van der Waals surface area (Å²) in [5, 5.41) is 8.84. The van der Waals surface area contributed by atoms with Crippen LogP contribution in [0.25, 0.3) is 0 Å². The lowest BCUT2D eigenvalue weighted by Gasteiger charge is -2.27. The molecule has 3 N–H and O–H groups in total. The van der Waals surface area contributed by atoms with Crippen molar-refractivity contribution < 1.29 is 9.59 Å². The van der Waals surface area contributed by atoms with E-state index in [0.29, 0.717) is 6.54 Å². The molecule has 0 aromatic heterocycles. The lowest BCUT2D eigenvalue weighted by Crippen LogP contribution is -2.48. The molecule has 3 rings (SSSR count). The van der Waals surface area contributed by atoms with Gasteiger partial charge in [0.25, 0.3) is 0 Å². The van der Waals surface area contributed by atoms with Crippen molar-refractivity contribution in [2.75, 3.05) is 39.3 Å². The van der Waals surface area contributed by atoms with Gasteiger partial charge < -0.3 is 16.0 Å². The molecule has 1 aliphatic heterocycles. The number of amides is 2. The van der Waals surface area contributed by atoms with Crippen LogP contribution in [0.2, 0.25) is 0 Å². The average molecular weight is 358 g/mol. The van der Waals surface area contributed by atoms with E-state index in [1.54, 1.807) is 0 Å². The van der Waals surface area contributed by atoms with E-state index in [4.69, 9.17) is 0 Å². The van der Waals surface area contributed by atoms with E-state index in [1.807, 2.05) is 6.92 Å². The molecule has 0 spiro atoms. The fourth-order valence-corrected chi connectivity index (χ4v) is 3.71. The number of aryl methyl sites for hydroxylation is 2. The maximum Gasteiger partial charge on any atom is 0.309 e. The third kappa shape index (κ3) is 5.05. The van der Waals surface area contributed by atoms with E-state index >= 15 is 0 Å². The Kier molecular flexibility index (Phi) is 6.63. The molecule has 1 heterocycles. The van der Waals surface area contributed by atoms with Crippen molar-refractivity contribution in [1.82, 2.24) is 20.9 Å². The van der Waals surface area contributed by atoms with Crippen LogP contribution in [0, 0.1) is 0 Å². The highest BCUT2D eigenvalue weighted by molar-refractivity contribution is 6.35. The van der Waals surface area contributed by atoms with Crippen LogP contribution in [-0.2, 0) is 22.4 Å². The van der Waals surface area contributed by atoms with Gasteiger partial charge in [-0.05, 0) is 49.3 Å². The number of rotatable bonds is 5. The highest BCUT2D eigenvalue weighted by atomic mass is 16.2. The Labute approximate surface area is 155 Å². The third-order valence-electron chi connectivity index (χ3n) is 5.35. The molecule has 142 valence electrons. The van der Waals surface area contributed by atoms with Crippen molar-refractivity contribution in [2.24, 2.45) is 0 Å². The summed E-state index contributed by atoms with van der Waals surface area (Å²) < 4.78 is 0. The van der Waals surface area contributed by atoms with Crippen molar-refractivity contribution in [1.29, 1.82) is 0 Å². The minimum Gasteiger partial charge on any atom is -0.347 e. The van der Waals surface area contributed by atoms with Crippen LogP contribution in [-0.4, -0.2) is 56.0 Å². The highest BCUT2D eigenvalue weighted by Crippen LogP contribution is 2.24. The Morgan fingerprint density at radius 1 is 1.12 bits per heavy atom.